The van der Waals surface area contributed by atoms with E-state index in [0.717, 1.165) is 44.3 Å². The molecule has 0 aromatic heterocycles. The van der Waals surface area contributed by atoms with Gasteiger partial charge < -0.3 is 9.47 Å². The number of unbranched alkanes of at least 4 members (excludes halogenated alkanes) is 2. The first kappa shape index (κ1) is 19.3. The van der Waals surface area contributed by atoms with Gasteiger partial charge in [-0.3, -0.25) is 4.79 Å². The molecule has 1 aromatic rings. The molecular weight excluding hydrogens is 288 g/mol. The third-order valence-electron chi connectivity index (χ3n) is 3.67. The average Bonchev–Trinajstić information content (AvgIpc) is 2.58. The Morgan fingerprint density at radius 3 is 2.39 bits per heavy atom. The van der Waals surface area contributed by atoms with E-state index >= 15 is 0 Å². The Morgan fingerprint density at radius 2 is 1.78 bits per heavy atom. The zero-order chi connectivity index (χ0) is 16.9. The van der Waals surface area contributed by atoms with Crippen LogP contribution in [0.2, 0.25) is 0 Å². The van der Waals surface area contributed by atoms with E-state index in [9.17, 15) is 4.79 Å². The van der Waals surface area contributed by atoms with Crippen molar-refractivity contribution in [1.82, 2.24) is 0 Å². The fraction of sp³-hybridized carbons (Fsp3) is 0.550. The van der Waals surface area contributed by atoms with E-state index in [4.69, 9.17) is 9.47 Å². The summed E-state index contributed by atoms with van der Waals surface area (Å²) in [5.41, 5.74) is 2.64. The van der Waals surface area contributed by atoms with E-state index in [1.807, 2.05) is 19.1 Å². The predicted molar refractivity (Wildman–Crippen MR) is 95.6 cm³/mol. The fourth-order valence-corrected chi connectivity index (χ4v) is 2.42. The highest BCUT2D eigenvalue weighted by atomic mass is 16.5. The molecule has 1 aromatic carbocycles. The summed E-state index contributed by atoms with van der Waals surface area (Å²) in [6.45, 7) is 4.74. The quantitative estimate of drug-likeness (QED) is 0.405. The molecule has 0 fully saturated rings. The van der Waals surface area contributed by atoms with E-state index in [2.05, 4.69) is 25.1 Å². The molecule has 0 saturated heterocycles. The molecule has 0 atom stereocenters. The number of esters is 1. The standard InChI is InChI=1S/C20H30O3/c1-4-9-17(18-12-14-19(22-3)15-13-18)10-7-6-8-11-20(21)23-16-5-2/h10,12-15H,4-9,11,16H2,1-3H3. The van der Waals surface area contributed by atoms with Crippen LogP contribution in [0.25, 0.3) is 5.57 Å². The van der Waals surface area contributed by atoms with Crippen molar-refractivity contribution in [2.75, 3.05) is 13.7 Å². The molecule has 0 aliphatic carbocycles. The van der Waals surface area contributed by atoms with Crippen LogP contribution in [0.5, 0.6) is 5.75 Å². The largest absolute Gasteiger partial charge is 0.497 e. The highest BCUT2D eigenvalue weighted by molar-refractivity contribution is 5.69. The van der Waals surface area contributed by atoms with Crippen molar-refractivity contribution in [3.8, 4) is 5.75 Å². The number of allylic oxidation sites excluding steroid dienone is 2. The summed E-state index contributed by atoms with van der Waals surface area (Å²) in [6, 6.07) is 8.23. The third-order valence-corrected chi connectivity index (χ3v) is 3.67. The first-order valence-corrected chi connectivity index (χ1v) is 8.70. The van der Waals surface area contributed by atoms with Gasteiger partial charge in [-0.15, -0.1) is 0 Å². The zero-order valence-electron chi connectivity index (χ0n) is 14.8. The van der Waals surface area contributed by atoms with Gasteiger partial charge in [0.05, 0.1) is 13.7 Å². The monoisotopic (exact) mass is 318 g/mol. The Labute approximate surface area is 140 Å². The number of benzene rings is 1. The van der Waals surface area contributed by atoms with Gasteiger partial charge in [0.15, 0.2) is 0 Å². The van der Waals surface area contributed by atoms with Gasteiger partial charge in [0.1, 0.15) is 5.75 Å². The van der Waals surface area contributed by atoms with E-state index in [0.29, 0.717) is 13.0 Å². The molecule has 0 amide bonds. The second kappa shape index (κ2) is 11.8. The highest BCUT2D eigenvalue weighted by Gasteiger charge is 2.03. The molecule has 0 aliphatic heterocycles. The van der Waals surface area contributed by atoms with Crippen molar-refractivity contribution >= 4 is 11.5 Å². The smallest absolute Gasteiger partial charge is 0.305 e. The number of hydrogen-bond acceptors (Lipinski definition) is 3. The Bertz CT molecular complexity index is 474. The molecule has 0 N–H and O–H groups in total. The lowest BCUT2D eigenvalue weighted by molar-refractivity contribution is -0.143. The van der Waals surface area contributed by atoms with Crippen LogP contribution in [-0.4, -0.2) is 19.7 Å². The second-order valence-corrected chi connectivity index (χ2v) is 5.67. The molecule has 128 valence electrons. The number of carbonyl (C=O) groups excluding carboxylic acids is 1. The topological polar surface area (TPSA) is 35.5 Å². The van der Waals surface area contributed by atoms with Crippen LogP contribution in [0.4, 0.5) is 0 Å². The fourth-order valence-electron chi connectivity index (χ4n) is 2.42. The maximum Gasteiger partial charge on any atom is 0.305 e. The minimum atomic E-state index is -0.0697. The van der Waals surface area contributed by atoms with Gasteiger partial charge in [0.25, 0.3) is 0 Å². The van der Waals surface area contributed by atoms with Crippen molar-refractivity contribution in [3.05, 3.63) is 35.9 Å². The van der Waals surface area contributed by atoms with Crippen LogP contribution < -0.4 is 4.74 Å². The molecule has 23 heavy (non-hydrogen) atoms. The van der Waals surface area contributed by atoms with Gasteiger partial charge in [0.2, 0.25) is 0 Å². The summed E-state index contributed by atoms with van der Waals surface area (Å²) in [5, 5.41) is 0. The second-order valence-electron chi connectivity index (χ2n) is 5.67. The number of rotatable bonds is 11. The van der Waals surface area contributed by atoms with Crippen LogP contribution >= 0.6 is 0 Å². The van der Waals surface area contributed by atoms with Gasteiger partial charge >= 0.3 is 5.97 Å². The Kier molecular flexibility index (Phi) is 9.85. The Balaban J connectivity index is 2.44. The molecule has 0 radical (unpaired) electrons. The number of methoxy groups -OCH3 is 1. The first-order chi connectivity index (χ1) is 11.2. The molecule has 3 heteroatoms. The van der Waals surface area contributed by atoms with Crippen molar-refractivity contribution in [3.63, 3.8) is 0 Å². The molecule has 0 saturated carbocycles. The van der Waals surface area contributed by atoms with E-state index in [1.165, 1.54) is 11.1 Å². The van der Waals surface area contributed by atoms with Crippen molar-refractivity contribution < 1.29 is 14.3 Å². The maximum absolute atomic E-state index is 11.4. The summed E-state index contributed by atoms with van der Waals surface area (Å²) < 4.78 is 10.3. The molecule has 0 heterocycles. The minimum Gasteiger partial charge on any atom is -0.497 e. The summed E-state index contributed by atoms with van der Waals surface area (Å²) >= 11 is 0. The maximum atomic E-state index is 11.4. The average molecular weight is 318 g/mol. The molecule has 3 nitrogen and oxygen atoms in total. The molecule has 0 aliphatic rings. The van der Waals surface area contributed by atoms with E-state index in [1.54, 1.807) is 7.11 Å². The van der Waals surface area contributed by atoms with Crippen LogP contribution in [0, 0.1) is 0 Å². The van der Waals surface area contributed by atoms with Crippen LogP contribution in [-0.2, 0) is 9.53 Å². The minimum absolute atomic E-state index is 0.0697. The first-order valence-electron chi connectivity index (χ1n) is 8.70. The molecule has 1 rings (SSSR count). The van der Waals surface area contributed by atoms with Gasteiger partial charge in [-0.25, -0.2) is 0 Å². The third kappa shape index (κ3) is 7.87. The summed E-state index contributed by atoms with van der Waals surface area (Å²) in [5.74, 6) is 0.815. The van der Waals surface area contributed by atoms with Crippen molar-refractivity contribution in [2.45, 2.75) is 58.8 Å². The Hall–Kier alpha value is -1.77. The normalized spacial score (nSPS) is 11.3. The van der Waals surface area contributed by atoms with Gasteiger partial charge in [-0.05, 0) is 55.4 Å². The van der Waals surface area contributed by atoms with Gasteiger partial charge in [0, 0.05) is 6.42 Å². The van der Waals surface area contributed by atoms with Crippen molar-refractivity contribution in [2.24, 2.45) is 0 Å². The highest BCUT2D eigenvalue weighted by Crippen LogP contribution is 2.23. The van der Waals surface area contributed by atoms with Crippen molar-refractivity contribution in [1.29, 1.82) is 0 Å². The molecule has 0 spiro atoms. The molecule has 0 unspecified atom stereocenters. The number of carbonyl (C=O) groups is 1. The summed E-state index contributed by atoms with van der Waals surface area (Å²) in [4.78, 5) is 11.4. The summed E-state index contributed by atoms with van der Waals surface area (Å²) in [6.07, 6.45) is 8.83. The lowest BCUT2D eigenvalue weighted by atomic mass is 9.99. The van der Waals surface area contributed by atoms with Crippen LogP contribution in [0.3, 0.4) is 0 Å². The lowest BCUT2D eigenvalue weighted by Crippen LogP contribution is -2.04. The van der Waals surface area contributed by atoms with Gasteiger partial charge in [-0.2, -0.15) is 0 Å². The summed E-state index contributed by atoms with van der Waals surface area (Å²) in [7, 11) is 1.68. The van der Waals surface area contributed by atoms with E-state index in [-0.39, 0.29) is 5.97 Å². The SMILES string of the molecule is CCCOC(=O)CCCCC=C(CCC)c1ccc(OC)cc1. The van der Waals surface area contributed by atoms with E-state index < -0.39 is 0 Å². The Morgan fingerprint density at radius 1 is 1.04 bits per heavy atom. The van der Waals surface area contributed by atoms with Crippen LogP contribution in [0.15, 0.2) is 30.3 Å². The molecule has 0 bridgehead atoms. The predicted octanol–water partition coefficient (Wildman–Crippen LogP) is 5.39. The number of hydrogen-bond donors (Lipinski definition) is 0. The van der Waals surface area contributed by atoms with Crippen LogP contribution in [0.1, 0.15) is 64.4 Å². The lowest BCUT2D eigenvalue weighted by Gasteiger charge is -2.08. The molecular formula is C20H30O3. The number of ether oxygens (including phenoxy) is 2. The zero-order valence-corrected chi connectivity index (χ0v) is 14.8. The van der Waals surface area contributed by atoms with Gasteiger partial charge in [-0.1, -0.05) is 38.5 Å².